The molecule has 1 aromatic rings. The van der Waals surface area contributed by atoms with E-state index in [0.29, 0.717) is 23.9 Å². The molecule has 98 valence electrons. The standard InChI is InChI=1S/C13H16ClNO3/c1-15(9-5-7-18-8-6-9)12-10(13(16)17)3-2-4-11(12)14/h2-4,9H,5-8H2,1H3,(H,16,17). The van der Waals surface area contributed by atoms with Crippen LogP contribution in [0.1, 0.15) is 23.2 Å². The van der Waals surface area contributed by atoms with Gasteiger partial charge in [-0.05, 0) is 25.0 Å². The number of nitrogens with zero attached hydrogens (tertiary/aromatic N) is 1. The van der Waals surface area contributed by atoms with E-state index >= 15 is 0 Å². The van der Waals surface area contributed by atoms with E-state index in [1.165, 1.54) is 0 Å². The van der Waals surface area contributed by atoms with Crippen LogP contribution in [0.3, 0.4) is 0 Å². The topological polar surface area (TPSA) is 49.8 Å². The monoisotopic (exact) mass is 269 g/mol. The number of anilines is 1. The number of aromatic carboxylic acids is 1. The van der Waals surface area contributed by atoms with Crippen LogP contribution >= 0.6 is 11.6 Å². The second-order valence-electron chi connectivity index (χ2n) is 4.40. The molecule has 0 atom stereocenters. The van der Waals surface area contributed by atoms with Crippen LogP contribution in [0.25, 0.3) is 0 Å². The zero-order valence-corrected chi connectivity index (χ0v) is 11.0. The number of para-hydroxylation sites is 1. The number of carboxylic acids is 1. The Morgan fingerprint density at radius 3 is 2.72 bits per heavy atom. The fraction of sp³-hybridized carbons (Fsp3) is 0.462. The first kappa shape index (κ1) is 13.2. The van der Waals surface area contributed by atoms with Crippen molar-refractivity contribution < 1.29 is 14.6 Å². The molecule has 0 amide bonds. The highest BCUT2D eigenvalue weighted by Crippen LogP contribution is 2.32. The van der Waals surface area contributed by atoms with Crippen LogP contribution in [0.15, 0.2) is 18.2 Å². The summed E-state index contributed by atoms with van der Waals surface area (Å²) in [5, 5.41) is 9.70. The van der Waals surface area contributed by atoms with Crippen LogP contribution in [0.5, 0.6) is 0 Å². The van der Waals surface area contributed by atoms with Gasteiger partial charge in [0.25, 0.3) is 0 Å². The van der Waals surface area contributed by atoms with Gasteiger partial charge in [0.15, 0.2) is 0 Å². The lowest BCUT2D eigenvalue weighted by molar-refractivity contribution is 0.0696. The number of rotatable bonds is 3. The van der Waals surface area contributed by atoms with Crippen molar-refractivity contribution >= 4 is 23.3 Å². The number of benzene rings is 1. The summed E-state index contributed by atoms with van der Waals surface area (Å²) >= 11 is 6.15. The summed E-state index contributed by atoms with van der Waals surface area (Å²) in [5.41, 5.74) is 0.843. The highest BCUT2D eigenvalue weighted by Gasteiger charge is 2.24. The maximum absolute atomic E-state index is 11.3. The van der Waals surface area contributed by atoms with Crippen LogP contribution in [-0.4, -0.2) is 37.4 Å². The molecule has 0 spiro atoms. The minimum atomic E-state index is -0.952. The van der Waals surface area contributed by atoms with E-state index in [2.05, 4.69) is 0 Å². The van der Waals surface area contributed by atoms with E-state index in [0.717, 1.165) is 12.8 Å². The molecule has 4 nitrogen and oxygen atoms in total. The molecule has 0 bridgehead atoms. The first-order valence-electron chi connectivity index (χ1n) is 5.93. The number of halogens is 1. The van der Waals surface area contributed by atoms with Crippen molar-refractivity contribution in [3.8, 4) is 0 Å². The Bertz CT molecular complexity index is 444. The van der Waals surface area contributed by atoms with Gasteiger partial charge in [-0.2, -0.15) is 0 Å². The molecular weight excluding hydrogens is 254 g/mol. The molecule has 0 unspecified atom stereocenters. The molecule has 1 saturated heterocycles. The third kappa shape index (κ3) is 2.60. The zero-order valence-electron chi connectivity index (χ0n) is 10.2. The van der Waals surface area contributed by atoms with Crippen molar-refractivity contribution in [2.75, 3.05) is 25.2 Å². The first-order valence-corrected chi connectivity index (χ1v) is 6.31. The van der Waals surface area contributed by atoms with Gasteiger partial charge in [0, 0.05) is 26.3 Å². The Morgan fingerprint density at radius 1 is 1.44 bits per heavy atom. The fourth-order valence-corrected chi connectivity index (χ4v) is 2.61. The smallest absolute Gasteiger partial charge is 0.337 e. The van der Waals surface area contributed by atoms with Gasteiger partial charge in [-0.15, -0.1) is 0 Å². The van der Waals surface area contributed by atoms with Gasteiger partial charge in [-0.3, -0.25) is 0 Å². The summed E-state index contributed by atoms with van der Waals surface area (Å²) < 4.78 is 5.32. The summed E-state index contributed by atoms with van der Waals surface area (Å²) in [7, 11) is 1.89. The predicted molar refractivity (Wildman–Crippen MR) is 70.7 cm³/mol. The normalized spacial score (nSPS) is 16.6. The van der Waals surface area contributed by atoms with Crippen LogP contribution in [0.2, 0.25) is 5.02 Å². The number of carbonyl (C=O) groups is 1. The summed E-state index contributed by atoms with van der Waals surface area (Å²) in [4.78, 5) is 13.2. The Hall–Kier alpha value is -1.26. The highest BCUT2D eigenvalue weighted by molar-refractivity contribution is 6.34. The van der Waals surface area contributed by atoms with Crippen molar-refractivity contribution in [1.82, 2.24) is 0 Å². The largest absolute Gasteiger partial charge is 0.478 e. The molecule has 18 heavy (non-hydrogen) atoms. The predicted octanol–water partition coefficient (Wildman–Crippen LogP) is 2.65. The molecule has 5 heteroatoms. The Kier molecular flexibility index (Phi) is 4.09. The lowest BCUT2D eigenvalue weighted by Crippen LogP contribution is -2.37. The van der Waals surface area contributed by atoms with Crippen LogP contribution in [0, 0.1) is 0 Å². The Labute approximate surface area is 111 Å². The molecule has 0 radical (unpaired) electrons. The average Bonchev–Trinajstić information content (AvgIpc) is 2.38. The van der Waals surface area contributed by atoms with E-state index in [9.17, 15) is 9.90 Å². The van der Waals surface area contributed by atoms with Gasteiger partial charge in [0.2, 0.25) is 0 Å². The van der Waals surface area contributed by atoms with Gasteiger partial charge in [0.05, 0.1) is 16.3 Å². The SMILES string of the molecule is CN(c1c(Cl)cccc1C(=O)O)C1CCOCC1. The van der Waals surface area contributed by atoms with Crippen molar-refractivity contribution in [3.63, 3.8) is 0 Å². The van der Waals surface area contributed by atoms with Gasteiger partial charge < -0.3 is 14.7 Å². The maximum atomic E-state index is 11.3. The summed E-state index contributed by atoms with van der Waals surface area (Å²) in [6, 6.07) is 5.24. The van der Waals surface area contributed by atoms with E-state index < -0.39 is 5.97 Å². The van der Waals surface area contributed by atoms with E-state index in [1.807, 2.05) is 11.9 Å². The van der Waals surface area contributed by atoms with E-state index in [-0.39, 0.29) is 11.6 Å². The number of carboxylic acid groups (broad SMARTS) is 1. The number of hydrogen-bond acceptors (Lipinski definition) is 3. The Morgan fingerprint density at radius 2 is 2.11 bits per heavy atom. The minimum absolute atomic E-state index is 0.247. The third-order valence-electron chi connectivity index (χ3n) is 3.31. The molecule has 0 aliphatic carbocycles. The summed E-state index contributed by atoms with van der Waals surface area (Å²) in [6.07, 6.45) is 1.78. The maximum Gasteiger partial charge on any atom is 0.337 e. The molecule has 1 aliphatic heterocycles. The van der Waals surface area contributed by atoms with Crippen LogP contribution in [-0.2, 0) is 4.74 Å². The molecule has 1 aliphatic rings. The second-order valence-corrected chi connectivity index (χ2v) is 4.80. The molecule has 1 fully saturated rings. The van der Waals surface area contributed by atoms with Crippen molar-refractivity contribution in [2.24, 2.45) is 0 Å². The van der Waals surface area contributed by atoms with E-state index in [4.69, 9.17) is 16.3 Å². The first-order chi connectivity index (χ1) is 8.61. The van der Waals surface area contributed by atoms with Crippen molar-refractivity contribution in [3.05, 3.63) is 28.8 Å². The lowest BCUT2D eigenvalue weighted by atomic mass is 10.0. The second kappa shape index (κ2) is 5.59. The Balaban J connectivity index is 2.33. The van der Waals surface area contributed by atoms with Gasteiger partial charge in [-0.1, -0.05) is 17.7 Å². The number of hydrogen-bond donors (Lipinski definition) is 1. The quantitative estimate of drug-likeness (QED) is 0.917. The molecule has 0 aromatic heterocycles. The zero-order chi connectivity index (χ0) is 13.1. The molecule has 2 rings (SSSR count). The number of ether oxygens (including phenoxy) is 1. The molecule has 0 saturated carbocycles. The molecule has 1 heterocycles. The third-order valence-corrected chi connectivity index (χ3v) is 3.61. The van der Waals surface area contributed by atoms with Crippen molar-refractivity contribution in [2.45, 2.75) is 18.9 Å². The highest BCUT2D eigenvalue weighted by atomic mass is 35.5. The molecular formula is C13H16ClNO3. The lowest BCUT2D eigenvalue weighted by Gasteiger charge is -2.34. The molecule has 1 aromatic carbocycles. The van der Waals surface area contributed by atoms with Crippen LogP contribution in [0.4, 0.5) is 5.69 Å². The average molecular weight is 270 g/mol. The summed E-state index contributed by atoms with van der Waals surface area (Å²) in [6.45, 7) is 1.42. The van der Waals surface area contributed by atoms with Gasteiger partial charge in [0.1, 0.15) is 0 Å². The minimum Gasteiger partial charge on any atom is -0.478 e. The molecule has 1 N–H and O–H groups in total. The fourth-order valence-electron chi connectivity index (χ4n) is 2.30. The van der Waals surface area contributed by atoms with Crippen molar-refractivity contribution in [1.29, 1.82) is 0 Å². The van der Waals surface area contributed by atoms with Gasteiger partial charge in [-0.25, -0.2) is 4.79 Å². The van der Waals surface area contributed by atoms with Gasteiger partial charge >= 0.3 is 5.97 Å². The summed E-state index contributed by atoms with van der Waals surface area (Å²) in [5.74, 6) is -0.952. The van der Waals surface area contributed by atoms with E-state index in [1.54, 1.807) is 18.2 Å². The van der Waals surface area contributed by atoms with Crippen LogP contribution < -0.4 is 4.90 Å².